The molecule has 40 heavy (non-hydrogen) atoms. The van der Waals surface area contributed by atoms with E-state index in [0.29, 0.717) is 12.5 Å². The highest BCUT2D eigenvalue weighted by molar-refractivity contribution is 5.93. The molecule has 1 aliphatic heterocycles. The Morgan fingerprint density at radius 3 is 2.50 bits per heavy atom. The molecular weight excluding hydrogens is 516 g/mol. The van der Waals surface area contributed by atoms with E-state index >= 15 is 0 Å². The molecule has 1 saturated heterocycles. The van der Waals surface area contributed by atoms with Crippen LogP contribution in [0, 0.1) is 5.41 Å². The lowest BCUT2D eigenvalue weighted by Crippen LogP contribution is -2.58. The number of allylic oxidation sites excluding steroid dienone is 1. The fraction of sp³-hybridized carbons (Fsp3) is 0.724. The second-order valence-electron chi connectivity index (χ2n) is 12.0. The number of esters is 1. The number of nitrogens with zero attached hydrogens (tertiary/aromatic N) is 2. The van der Waals surface area contributed by atoms with Crippen molar-refractivity contribution in [2.75, 3.05) is 26.2 Å². The Hall–Kier alpha value is -2.92. The molecule has 2 aliphatic carbocycles. The molecule has 3 fully saturated rings. The van der Waals surface area contributed by atoms with Gasteiger partial charge in [-0.05, 0) is 66.3 Å². The van der Waals surface area contributed by atoms with E-state index in [1.54, 1.807) is 27.7 Å². The van der Waals surface area contributed by atoms with Gasteiger partial charge in [-0.15, -0.1) is 13.2 Å². The highest BCUT2D eigenvalue weighted by atomic mass is 16.6. The van der Waals surface area contributed by atoms with E-state index in [0.717, 1.165) is 32.2 Å². The zero-order valence-electron chi connectivity index (χ0n) is 24.3. The average Bonchev–Trinajstić information content (AvgIpc) is 3.79. The fourth-order valence-electron chi connectivity index (χ4n) is 5.20. The van der Waals surface area contributed by atoms with Crippen LogP contribution in [0.3, 0.4) is 0 Å². The molecule has 11 nitrogen and oxygen atoms in total. The molecule has 0 aromatic carbocycles. The van der Waals surface area contributed by atoms with E-state index in [9.17, 15) is 24.3 Å². The molecule has 0 unspecified atom stereocenters. The minimum Gasteiger partial charge on any atom is -0.465 e. The van der Waals surface area contributed by atoms with E-state index in [1.165, 1.54) is 11.0 Å². The number of alkyl carbamates (subject to hydrolysis) is 1. The molecule has 1 heterocycles. The number of hydrogen-bond acceptors (Lipinski definition) is 8. The predicted octanol–water partition coefficient (Wildman–Crippen LogP) is 1.90. The van der Waals surface area contributed by atoms with E-state index in [4.69, 9.17) is 9.47 Å². The van der Waals surface area contributed by atoms with Crippen LogP contribution in [-0.4, -0.2) is 101 Å². The van der Waals surface area contributed by atoms with Gasteiger partial charge in [-0.1, -0.05) is 12.2 Å². The summed E-state index contributed by atoms with van der Waals surface area (Å²) < 4.78 is 10.6. The molecule has 3 amide bonds. The molecular formula is C29H46N4O7. The van der Waals surface area contributed by atoms with Crippen molar-refractivity contribution in [3.63, 3.8) is 0 Å². The number of rotatable bonds is 14. The van der Waals surface area contributed by atoms with Crippen molar-refractivity contribution in [2.45, 2.75) is 102 Å². The van der Waals surface area contributed by atoms with Crippen LogP contribution in [0.1, 0.15) is 66.2 Å². The standard InChI is InChI=1S/C29H46N4O7/c1-7-10-11-14-32(19-12-13-19)18-21(30-27(38)40-28(4,5)6)25(36)33-17-20(34)15-22(33)24(35)31-23-16-29(23,8-2)26(37)39-9-3/h7-8,19-23,34H,1-2,9-18H2,3-6H3,(H,30,38)(H,31,35)/t20-,21+,22+,23+,29+/m1/s1. The Balaban J connectivity index is 1.75. The van der Waals surface area contributed by atoms with Crippen molar-refractivity contribution in [3.05, 3.63) is 25.3 Å². The summed E-state index contributed by atoms with van der Waals surface area (Å²) in [4.78, 5) is 56.0. The minimum absolute atomic E-state index is 0.0432. The third kappa shape index (κ3) is 8.06. The number of β-amino-alcohol motifs (C(OH)–C–C–N with tert-alkyl or cyclic N) is 1. The molecule has 0 aromatic rings. The monoisotopic (exact) mass is 562 g/mol. The van der Waals surface area contributed by atoms with Crippen molar-refractivity contribution in [1.29, 1.82) is 0 Å². The van der Waals surface area contributed by atoms with Gasteiger partial charge in [0.2, 0.25) is 11.8 Å². The van der Waals surface area contributed by atoms with Gasteiger partial charge in [-0.25, -0.2) is 4.79 Å². The number of carbonyl (C=O) groups is 4. The molecule has 0 radical (unpaired) electrons. The Bertz CT molecular complexity index is 976. The summed E-state index contributed by atoms with van der Waals surface area (Å²) in [6, 6.07) is -2.11. The molecule has 0 bridgehead atoms. The first-order valence-corrected chi connectivity index (χ1v) is 14.3. The third-order valence-electron chi connectivity index (χ3n) is 7.53. The number of unbranched alkanes of at least 4 members (excludes halogenated alkanes) is 1. The summed E-state index contributed by atoms with van der Waals surface area (Å²) in [5.41, 5.74) is -1.75. The summed E-state index contributed by atoms with van der Waals surface area (Å²) >= 11 is 0. The molecule has 11 heteroatoms. The van der Waals surface area contributed by atoms with Gasteiger partial charge in [0.1, 0.15) is 23.1 Å². The minimum atomic E-state index is -0.991. The van der Waals surface area contributed by atoms with Crippen molar-refractivity contribution in [2.24, 2.45) is 5.41 Å². The van der Waals surface area contributed by atoms with Crippen LogP contribution in [-0.2, 0) is 23.9 Å². The Morgan fingerprint density at radius 2 is 1.93 bits per heavy atom. The van der Waals surface area contributed by atoms with Crippen molar-refractivity contribution in [1.82, 2.24) is 20.4 Å². The quantitative estimate of drug-likeness (QED) is 0.166. The summed E-state index contributed by atoms with van der Waals surface area (Å²) in [6.07, 6.45) is 5.85. The van der Waals surface area contributed by atoms with Gasteiger partial charge < -0.3 is 30.1 Å². The lowest BCUT2D eigenvalue weighted by atomic mass is 10.1. The Morgan fingerprint density at radius 1 is 1.23 bits per heavy atom. The third-order valence-corrected chi connectivity index (χ3v) is 7.53. The average molecular weight is 563 g/mol. The molecule has 3 rings (SSSR count). The smallest absolute Gasteiger partial charge is 0.408 e. The van der Waals surface area contributed by atoms with E-state index in [2.05, 4.69) is 28.7 Å². The highest BCUT2D eigenvalue weighted by Gasteiger charge is 2.60. The number of nitrogens with one attached hydrogen (secondary N) is 2. The maximum atomic E-state index is 13.9. The van der Waals surface area contributed by atoms with Crippen molar-refractivity contribution >= 4 is 23.9 Å². The van der Waals surface area contributed by atoms with Crippen molar-refractivity contribution < 1.29 is 33.8 Å². The van der Waals surface area contributed by atoms with Crippen LogP contribution in [0.5, 0.6) is 0 Å². The molecule has 2 saturated carbocycles. The molecule has 5 atom stereocenters. The zero-order valence-corrected chi connectivity index (χ0v) is 24.3. The molecule has 0 aromatic heterocycles. The van der Waals surface area contributed by atoms with Gasteiger partial charge >= 0.3 is 12.1 Å². The van der Waals surface area contributed by atoms with Gasteiger partial charge in [0.05, 0.1) is 18.8 Å². The maximum Gasteiger partial charge on any atom is 0.408 e. The maximum absolute atomic E-state index is 13.9. The fourth-order valence-corrected chi connectivity index (χ4v) is 5.20. The number of amides is 3. The van der Waals surface area contributed by atoms with Crippen LogP contribution in [0.15, 0.2) is 25.3 Å². The predicted molar refractivity (Wildman–Crippen MR) is 149 cm³/mol. The van der Waals surface area contributed by atoms with Crippen LogP contribution in [0.2, 0.25) is 0 Å². The summed E-state index contributed by atoms with van der Waals surface area (Å²) in [6.45, 7) is 15.6. The zero-order chi connectivity index (χ0) is 29.7. The number of aliphatic hydroxyl groups excluding tert-OH is 1. The second-order valence-corrected chi connectivity index (χ2v) is 12.0. The molecule has 3 aliphatic rings. The second kappa shape index (κ2) is 13.2. The van der Waals surface area contributed by atoms with Gasteiger partial charge in [-0.3, -0.25) is 19.3 Å². The van der Waals surface area contributed by atoms with Crippen LogP contribution < -0.4 is 10.6 Å². The highest BCUT2D eigenvalue weighted by Crippen LogP contribution is 2.48. The summed E-state index contributed by atoms with van der Waals surface area (Å²) in [7, 11) is 0. The normalized spacial score (nSPS) is 26.6. The van der Waals surface area contributed by atoms with Crippen LogP contribution >= 0.6 is 0 Å². The van der Waals surface area contributed by atoms with Gasteiger partial charge in [0.15, 0.2) is 0 Å². The number of ether oxygens (including phenoxy) is 2. The topological polar surface area (TPSA) is 138 Å². The lowest BCUT2D eigenvalue weighted by molar-refractivity contribution is -0.148. The van der Waals surface area contributed by atoms with Crippen molar-refractivity contribution in [3.8, 4) is 0 Å². The van der Waals surface area contributed by atoms with Crippen LogP contribution in [0.25, 0.3) is 0 Å². The SMILES string of the molecule is C=CCCCN(C[C@H](NC(=O)OC(C)(C)C)C(=O)N1C[C@H](O)C[C@H]1C(=O)N[C@H]1C[C@]1(C=C)C(=O)OCC)C1CC1. The Kier molecular flexibility index (Phi) is 10.4. The molecule has 3 N–H and O–H groups in total. The van der Waals surface area contributed by atoms with E-state index in [1.807, 2.05) is 6.08 Å². The first-order chi connectivity index (χ1) is 18.8. The van der Waals surface area contributed by atoms with Crippen LogP contribution in [0.4, 0.5) is 4.79 Å². The van der Waals surface area contributed by atoms with Gasteiger partial charge in [0, 0.05) is 25.6 Å². The number of aliphatic hydroxyl groups is 1. The summed E-state index contributed by atoms with van der Waals surface area (Å²) in [5, 5.41) is 16.0. The largest absolute Gasteiger partial charge is 0.465 e. The van der Waals surface area contributed by atoms with E-state index < -0.39 is 59.1 Å². The number of hydrogen-bond donors (Lipinski definition) is 3. The van der Waals surface area contributed by atoms with Gasteiger partial charge in [-0.2, -0.15) is 0 Å². The first kappa shape index (κ1) is 31.6. The number of likely N-dealkylation sites (tertiary alicyclic amines) is 1. The first-order valence-electron chi connectivity index (χ1n) is 14.3. The Labute approximate surface area is 237 Å². The molecule has 0 spiro atoms. The van der Waals surface area contributed by atoms with E-state index in [-0.39, 0.29) is 26.1 Å². The van der Waals surface area contributed by atoms with Gasteiger partial charge in [0.25, 0.3) is 0 Å². The summed E-state index contributed by atoms with van der Waals surface area (Å²) in [5.74, 6) is -1.38. The lowest BCUT2D eigenvalue weighted by Gasteiger charge is -2.32. The number of carbonyl (C=O) groups excluding carboxylic acids is 4. The molecule has 224 valence electrons.